The average Bonchev–Trinajstić information content (AvgIpc) is 2.43. The molecule has 0 aromatic heterocycles. The third kappa shape index (κ3) is 2.82. The van der Waals surface area contributed by atoms with Gasteiger partial charge in [-0.1, -0.05) is 6.92 Å². The Hall–Kier alpha value is -2.16. The first-order chi connectivity index (χ1) is 9.85. The molecule has 21 heavy (non-hydrogen) atoms. The molecule has 9 heteroatoms. The first-order valence-corrected chi connectivity index (χ1v) is 6.23. The maximum atomic E-state index is 13.8. The molecule has 1 heterocycles. The number of carboxylic acid groups (broad SMARTS) is 1. The molecule has 0 spiro atoms. The zero-order valence-electron chi connectivity index (χ0n) is 11.0. The van der Waals surface area contributed by atoms with Crippen LogP contribution in [-0.2, 0) is 11.2 Å². The molecule has 0 radical (unpaired) electrons. The van der Waals surface area contributed by atoms with Gasteiger partial charge in [-0.2, -0.15) is 0 Å². The van der Waals surface area contributed by atoms with Gasteiger partial charge in [0, 0.05) is 12.0 Å². The van der Waals surface area contributed by atoms with E-state index in [0.29, 0.717) is 6.07 Å². The molecule has 1 aromatic carbocycles. The van der Waals surface area contributed by atoms with E-state index >= 15 is 0 Å². The summed E-state index contributed by atoms with van der Waals surface area (Å²) in [6, 6.07) is 0.494. The van der Waals surface area contributed by atoms with Crippen LogP contribution in [0.3, 0.4) is 0 Å². The quantitative estimate of drug-likeness (QED) is 0.707. The van der Waals surface area contributed by atoms with Crippen LogP contribution in [-0.4, -0.2) is 35.1 Å². The van der Waals surface area contributed by atoms with Gasteiger partial charge in [-0.05, 0) is 12.5 Å². The fourth-order valence-corrected chi connectivity index (χ4v) is 2.09. The van der Waals surface area contributed by atoms with Gasteiger partial charge in [0.1, 0.15) is 11.3 Å². The van der Waals surface area contributed by atoms with Crippen molar-refractivity contribution in [2.24, 2.45) is 0 Å². The predicted molar refractivity (Wildman–Crippen MR) is 67.8 cm³/mol. The molecule has 6 nitrogen and oxygen atoms in total. The van der Waals surface area contributed by atoms with E-state index in [4.69, 9.17) is 9.76 Å². The first-order valence-electron chi connectivity index (χ1n) is 6.23. The molecule has 0 bridgehead atoms. The van der Waals surface area contributed by atoms with Gasteiger partial charge in [-0.25, -0.2) is 13.6 Å². The lowest BCUT2D eigenvalue weighted by atomic mass is 9.72. The molecular formula is C12H12BF2NO5. The van der Waals surface area contributed by atoms with Crippen LogP contribution in [0.15, 0.2) is 6.07 Å². The lowest BCUT2D eigenvalue weighted by Crippen LogP contribution is -2.53. The number of amides is 1. The van der Waals surface area contributed by atoms with E-state index in [1.165, 1.54) is 0 Å². The molecule has 2 rings (SSSR count). The Labute approximate surface area is 118 Å². The Bertz CT molecular complexity index is 610. The van der Waals surface area contributed by atoms with E-state index in [2.05, 4.69) is 5.32 Å². The van der Waals surface area contributed by atoms with E-state index in [9.17, 15) is 23.4 Å². The summed E-state index contributed by atoms with van der Waals surface area (Å²) in [7, 11) is -1.55. The number of fused-ring (bicyclic) bond motifs is 1. The number of carbonyl (C=O) groups excluding carboxylic acids is 1. The highest BCUT2D eigenvalue weighted by molar-refractivity contribution is 6.47. The number of carbonyl (C=O) groups is 2. The Morgan fingerprint density at radius 3 is 2.76 bits per heavy atom. The summed E-state index contributed by atoms with van der Waals surface area (Å²) < 4.78 is 32.2. The Morgan fingerprint density at radius 1 is 1.52 bits per heavy atom. The van der Waals surface area contributed by atoms with E-state index in [0.717, 1.165) is 0 Å². The molecule has 0 saturated heterocycles. The third-order valence-electron chi connectivity index (χ3n) is 3.17. The summed E-state index contributed by atoms with van der Waals surface area (Å²) in [4.78, 5) is 22.4. The fraction of sp³-hybridized carbons (Fsp3) is 0.333. The molecule has 3 N–H and O–H groups in total. The van der Waals surface area contributed by atoms with Gasteiger partial charge < -0.3 is 20.1 Å². The van der Waals surface area contributed by atoms with Gasteiger partial charge in [0.15, 0.2) is 11.6 Å². The van der Waals surface area contributed by atoms with Crippen LogP contribution < -0.4 is 9.97 Å². The van der Waals surface area contributed by atoms with E-state index in [1.807, 2.05) is 0 Å². The number of nitrogens with one attached hydrogen (secondary N) is 1. The predicted octanol–water partition coefficient (Wildman–Crippen LogP) is 0.512. The SMILES string of the molecule is CCC(=O)N[C@H]1Cc2c(F)c(F)cc(C(=O)O)c2OB1O. The average molecular weight is 299 g/mol. The maximum absolute atomic E-state index is 13.8. The van der Waals surface area contributed by atoms with Crippen molar-refractivity contribution in [1.29, 1.82) is 0 Å². The molecule has 1 amide bonds. The van der Waals surface area contributed by atoms with Crippen molar-refractivity contribution < 1.29 is 33.2 Å². The topological polar surface area (TPSA) is 95.9 Å². The summed E-state index contributed by atoms with van der Waals surface area (Å²) in [6.07, 6.45) is -0.131. The van der Waals surface area contributed by atoms with Gasteiger partial charge >= 0.3 is 13.1 Å². The Balaban J connectivity index is 2.43. The minimum atomic E-state index is -1.55. The number of benzene rings is 1. The minimum Gasteiger partial charge on any atom is -0.534 e. The van der Waals surface area contributed by atoms with Crippen molar-refractivity contribution in [2.45, 2.75) is 25.7 Å². The minimum absolute atomic E-state index is 0.141. The molecule has 0 fully saturated rings. The Kier molecular flexibility index (Phi) is 4.12. The van der Waals surface area contributed by atoms with Crippen LogP contribution in [0.2, 0.25) is 0 Å². The number of aromatic carboxylic acids is 1. The summed E-state index contributed by atoms with van der Waals surface area (Å²) in [6.45, 7) is 1.59. The molecule has 1 aliphatic heterocycles. The van der Waals surface area contributed by atoms with E-state index < -0.39 is 47.9 Å². The van der Waals surface area contributed by atoms with Crippen molar-refractivity contribution in [3.63, 3.8) is 0 Å². The second-order valence-electron chi connectivity index (χ2n) is 4.57. The number of hydrogen-bond acceptors (Lipinski definition) is 4. The molecule has 1 aliphatic rings. The lowest BCUT2D eigenvalue weighted by Gasteiger charge is -2.29. The zero-order chi connectivity index (χ0) is 15.7. The van der Waals surface area contributed by atoms with Crippen molar-refractivity contribution >= 4 is 19.0 Å². The maximum Gasteiger partial charge on any atom is 0.547 e. The lowest BCUT2D eigenvalue weighted by molar-refractivity contribution is -0.121. The number of halogens is 2. The van der Waals surface area contributed by atoms with Crippen LogP contribution in [0.5, 0.6) is 5.75 Å². The highest BCUT2D eigenvalue weighted by Gasteiger charge is 2.40. The van der Waals surface area contributed by atoms with Gasteiger partial charge in [0.05, 0.1) is 5.94 Å². The largest absolute Gasteiger partial charge is 0.547 e. The summed E-state index contributed by atoms with van der Waals surface area (Å²) in [5.74, 6) is -5.89. The van der Waals surface area contributed by atoms with Crippen LogP contribution >= 0.6 is 0 Å². The Morgan fingerprint density at radius 2 is 2.19 bits per heavy atom. The van der Waals surface area contributed by atoms with Crippen molar-refractivity contribution in [3.05, 3.63) is 28.8 Å². The molecule has 0 saturated carbocycles. The highest BCUT2D eigenvalue weighted by atomic mass is 19.2. The highest BCUT2D eigenvalue weighted by Crippen LogP contribution is 2.33. The molecule has 0 aliphatic carbocycles. The number of rotatable bonds is 3. The van der Waals surface area contributed by atoms with E-state index in [1.54, 1.807) is 6.92 Å². The first kappa shape index (κ1) is 15.2. The van der Waals surface area contributed by atoms with Gasteiger partial charge in [0.25, 0.3) is 0 Å². The van der Waals surface area contributed by atoms with Crippen LogP contribution in [0, 0.1) is 11.6 Å². The second kappa shape index (κ2) is 5.68. The molecule has 112 valence electrons. The van der Waals surface area contributed by atoms with Crippen molar-refractivity contribution in [1.82, 2.24) is 5.32 Å². The second-order valence-corrected chi connectivity index (χ2v) is 4.57. The standard InChI is InChI=1S/C12H12BF2NO5/c1-2-9(17)16-8-4-5-10(15)7(14)3-6(12(18)19)11(5)21-13(8)20/h3,8,20H,2,4H2,1H3,(H,16,17)(H,18,19)/t8-/m0/s1. The van der Waals surface area contributed by atoms with Gasteiger partial charge in [-0.15, -0.1) is 0 Å². The van der Waals surface area contributed by atoms with E-state index in [-0.39, 0.29) is 18.4 Å². The summed E-state index contributed by atoms with van der Waals surface area (Å²) >= 11 is 0. The van der Waals surface area contributed by atoms with Gasteiger partial charge in [-0.3, -0.25) is 4.79 Å². The zero-order valence-corrected chi connectivity index (χ0v) is 11.0. The van der Waals surface area contributed by atoms with Crippen LogP contribution in [0.1, 0.15) is 29.3 Å². The van der Waals surface area contributed by atoms with Gasteiger partial charge in [0.2, 0.25) is 5.91 Å². The number of hydrogen-bond donors (Lipinski definition) is 3. The fourth-order valence-electron chi connectivity index (χ4n) is 2.09. The van der Waals surface area contributed by atoms with Crippen molar-refractivity contribution in [3.8, 4) is 5.75 Å². The van der Waals surface area contributed by atoms with Crippen LogP contribution in [0.25, 0.3) is 0 Å². The van der Waals surface area contributed by atoms with Crippen LogP contribution in [0.4, 0.5) is 8.78 Å². The molecular weight excluding hydrogens is 287 g/mol. The molecule has 0 unspecified atom stereocenters. The smallest absolute Gasteiger partial charge is 0.534 e. The number of carboxylic acids is 1. The molecule has 1 aromatic rings. The normalized spacial score (nSPS) is 17.0. The molecule has 1 atom stereocenters. The van der Waals surface area contributed by atoms with Crippen molar-refractivity contribution in [2.75, 3.05) is 0 Å². The summed E-state index contributed by atoms with van der Waals surface area (Å²) in [5.41, 5.74) is -0.901. The monoisotopic (exact) mass is 299 g/mol. The summed E-state index contributed by atoms with van der Waals surface area (Å²) in [5, 5.41) is 21.2. The third-order valence-corrected chi connectivity index (χ3v) is 3.17.